The standard InChI is InChI=1S/C49H30N2S/c1-6-18-38-33(13-1)34-14-2-7-19-39(34)49(38)40-20-8-12-24-46(40)52-48-41(49)29-30-45-47(48)37-17-5-11-23-44(37)51(45)32-27-25-31(26-28-32)50-42-21-9-3-15-35(42)36-16-4-10-22-43(36)50/h1-30H. The van der Waals surface area contributed by atoms with Gasteiger partial charge >= 0.3 is 0 Å². The van der Waals surface area contributed by atoms with E-state index < -0.39 is 5.41 Å². The van der Waals surface area contributed by atoms with Crippen molar-refractivity contribution in [3.63, 3.8) is 0 Å². The van der Waals surface area contributed by atoms with Crippen molar-refractivity contribution < 1.29 is 0 Å². The highest BCUT2D eigenvalue weighted by atomic mass is 32.2. The maximum Gasteiger partial charge on any atom is 0.0735 e. The fourth-order valence-corrected chi connectivity index (χ4v) is 10.9. The molecule has 3 heteroatoms. The topological polar surface area (TPSA) is 9.86 Å². The average molecular weight is 679 g/mol. The molecule has 1 spiro atoms. The number of fused-ring (bicyclic) bond motifs is 16. The van der Waals surface area contributed by atoms with E-state index in [0.29, 0.717) is 0 Å². The molecule has 3 heterocycles. The zero-order valence-electron chi connectivity index (χ0n) is 28.1. The number of benzene rings is 8. The van der Waals surface area contributed by atoms with Gasteiger partial charge < -0.3 is 9.13 Å². The second-order valence-corrected chi connectivity index (χ2v) is 15.1. The maximum absolute atomic E-state index is 2.46. The van der Waals surface area contributed by atoms with Crippen LogP contribution in [0.4, 0.5) is 0 Å². The number of rotatable bonds is 2. The van der Waals surface area contributed by atoms with Gasteiger partial charge in [-0.15, -0.1) is 0 Å². The van der Waals surface area contributed by atoms with E-state index in [1.807, 2.05) is 11.8 Å². The summed E-state index contributed by atoms with van der Waals surface area (Å²) in [6, 6.07) is 67.5. The molecule has 52 heavy (non-hydrogen) atoms. The largest absolute Gasteiger partial charge is 0.309 e. The summed E-state index contributed by atoms with van der Waals surface area (Å²) in [6.45, 7) is 0. The van der Waals surface area contributed by atoms with Gasteiger partial charge in [-0.1, -0.05) is 139 Å². The lowest BCUT2D eigenvalue weighted by Crippen LogP contribution is -2.32. The van der Waals surface area contributed by atoms with Crippen molar-refractivity contribution in [1.29, 1.82) is 0 Å². The van der Waals surface area contributed by atoms with Crippen molar-refractivity contribution in [2.75, 3.05) is 0 Å². The van der Waals surface area contributed by atoms with E-state index in [9.17, 15) is 0 Å². The zero-order valence-corrected chi connectivity index (χ0v) is 28.9. The van der Waals surface area contributed by atoms with Crippen molar-refractivity contribution in [3.05, 3.63) is 204 Å². The zero-order chi connectivity index (χ0) is 34.0. The second kappa shape index (κ2) is 10.4. The molecule has 8 aromatic carbocycles. The van der Waals surface area contributed by atoms with Crippen LogP contribution in [0.3, 0.4) is 0 Å². The Morgan fingerprint density at radius 1 is 0.346 bits per heavy atom. The molecule has 0 N–H and O–H groups in total. The minimum Gasteiger partial charge on any atom is -0.309 e. The minimum atomic E-state index is -0.397. The molecule has 0 bridgehead atoms. The van der Waals surface area contributed by atoms with E-state index in [1.54, 1.807) is 0 Å². The lowest BCUT2D eigenvalue weighted by atomic mass is 9.67. The van der Waals surface area contributed by atoms with Crippen LogP contribution in [0.2, 0.25) is 0 Å². The number of hydrogen-bond acceptors (Lipinski definition) is 1. The third kappa shape index (κ3) is 3.51. The lowest BCUT2D eigenvalue weighted by molar-refractivity contribution is 0.726. The quantitative estimate of drug-likeness (QED) is 0.177. The molecule has 0 saturated carbocycles. The molecule has 0 unspecified atom stereocenters. The molecule has 12 rings (SSSR count). The summed E-state index contributed by atoms with van der Waals surface area (Å²) < 4.78 is 4.85. The van der Waals surface area contributed by atoms with Gasteiger partial charge in [0.15, 0.2) is 0 Å². The van der Waals surface area contributed by atoms with Gasteiger partial charge in [0.1, 0.15) is 0 Å². The summed E-state index contributed by atoms with van der Waals surface area (Å²) in [5.74, 6) is 0. The van der Waals surface area contributed by atoms with Crippen molar-refractivity contribution in [2.45, 2.75) is 15.2 Å². The first-order valence-corrected chi connectivity index (χ1v) is 18.8. The molecule has 0 fully saturated rings. The Kier molecular flexibility index (Phi) is 5.67. The minimum absolute atomic E-state index is 0.397. The Labute approximate surface area is 305 Å². The number of nitrogens with zero attached hydrogens (tertiary/aromatic N) is 2. The molecule has 10 aromatic rings. The van der Waals surface area contributed by atoms with Gasteiger partial charge in [-0.25, -0.2) is 0 Å². The Hall–Kier alpha value is -6.29. The van der Waals surface area contributed by atoms with Crippen molar-refractivity contribution in [1.82, 2.24) is 9.13 Å². The fraction of sp³-hybridized carbons (Fsp3) is 0.0204. The summed E-state index contributed by atoms with van der Waals surface area (Å²) in [6.07, 6.45) is 0. The van der Waals surface area contributed by atoms with E-state index in [-0.39, 0.29) is 0 Å². The van der Waals surface area contributed by atoms with Gasteiger partial charge in [0.05, 0.1) is 27.5 Å². The van der Waals surface area contributed by atoms with E-state index >= 15 is 0 Å². The van der Waals surface area contributed by atoms with Crippen molar-refractivity contribution >= 4 is 55.4 Å². The fourth-order valence-electron chi connectivity index (χ4n) is 9.60. The first-order chi connectivity index (χ1) is 25.8. The first-order valence-electron chi connectivity index (χ1n) is 17.9. The van der Waals surface area contributed by atoms with Crippen LogP contribution in [0.15, 0.2) is 192 Å². The normalized spacial score (nSPS) is 13.8. The summed E-state index contributed by atoms with van der Waals surface area (Å²) in [7, 11) is 0. The molecular formula is C49H30N2S. The first kappa shape index (κ1) is 28.4. The number of hydrogen-bond donors (Lipinski definition) is 0. The van der Waals surface area contributed by atoms with Gasteiger partial charge in [-0.2, -0.15) is 0 Å². The van der Waals surface area contributed by atoms with Crippen molar-refractivity contribution in [3.8, 4) is 22.5 Å². The van der Waals surface area contributed by atoms with Crippen LogP contribution >= 0.6 is 11.8 Å². The van der Waals surface area contributed by atoms with Crippen LogP contribution in [-0.4, -0.2) is 9.13 Å². The highest BCUT2D eigenvalue weighted by molar-refractivity contribution is 7.99. The molecular weight excluding hydrogens is 649 g/mol. The maximum atomic E-state index is 2.46. The van der Waals surface area contributed by atoms with Gasteiger partial charge in [-0.3, -0.25) is 0 Å². The van der Waals surface area contributed by atoms with Crippen LogP contribution in [0.25, 0.3) is 66.1 Å². The molecule has 0 radical (unpaired) electrons. The molecule has 2 aliphatic rings. The molecule has 242 valence electrons. The molecule has 0 saturated heterocycles. The van der Waals surface area contributed by atoms with E-state index in [0.717, 1.165) is 11.4 Å². The summed E-state index contributed by atoms with van der Waals surface area (Å²) in [5.41, 5.74) is 14.9. The van der Waals surface area contributed by atoms with E-state index in [2.05, 4.69) is 191 Å². The smallest absolute Gasteiger partial charge is 0.0735 e. The third-order valence-electron chi connectivity index (χ3n) is 11.6. The highest BCUT2D eigenvalue weighted by Gasteiger charge is 2.50. The third-order valence-corrected chi connectivity index (χ3v) is 12.8. The predicted molar refractivity (Wildman–Crippen MR) is 217 cm³/mol. The highest BCUT2D eigenvalue weighted by Crippen LogP contribution is 2.63. The Bertz CT molecular complexity index is 3010. The Morgan fingerprint density at radius 3 is 1.42 bits per heavy atom. The van der Waals surface area contributed by atoms with Crippen LogP contribution in [-0.2, 0) is 5.41 Å². The number of para-hydroxylation sites is 3. The van der Waals surface area contributed by atoms with E-state index in [1.165, 1.54) is 86.8 Å². The average Bonchev–Trinajstić information content (AvgIpc) is 3.83. The van der Waals surface area contributed by atoms with Crippen LogP contribution in [0, 0.1) is 0 Å². The monoisotopic (exact) mass is 678 g/mol. The second-order valence-electron chi connectivity index (χ2n) is 14.0. The van der Waals surface area contributed by atoms with Crippen LogP contribution in [0.5, 0.6) is 0 Å². The van der Waals surface area contributed by atoms with Crippen LogP contribution in [0.1, 0.15) is 22.3 Å². The molecule has 1 aliphatic heterocycles. The Morgan fingerprint density at radius 2 is 0.808 bits per heavy atom. The molecule has 1 aliphatic carbocycles. The lowest BCUT2D eigenvalue weighted by Gasteiger charge is -2.40. The van der Waals surface area contributed by atoms with E-state index in [4.69, 9.17) is 0 Å². The van der Waals surface area contributed by atoms with Gasteiger partial charge in [0, 0.05) is 42.7 Å². The SMILES string of the molecule is c1ccc2c(c1)Sc1c(ccc3c1c1ccccc1n3-c1ccc(-n3c4ccccc4c4ccccc43)cc1)C21c2ccccc2-c2ccccc21. The van der Waals surface area contributed by atoms with Crippen LogP contribution < -0.4 is 0 Å². The predicted octanol–water partition coefficient (Wildman–Crippen LogP) is 12.7. The van der Waals surface area contributed by atoms with Crippen molar-refractivity contribution in [2.24, 2.45) is 0 Å². The molecule has 2 aromatic heterocycles. The Balaban J connectivity index is 1.12. The van der Waals surface area contributed by atoms with Gasteiger partial charge in [-0.05, 0) is 88.0 Å². The molecule has 2 nitrogen and oxygen atoms in total. The van der Waals surface area contributed by atoms with Gasteiger partial charge in [0.25, 0.3) is 0 Å². The molecule has 0 amide bonds. The van der Waals surface area contributed by atoms with Gasteiger partial charge in [0.2, 0.25) is 0 Å². The number of aromatic nitrogens is 2. The summed E-state index contributed by atoms with van der Waals surface area (Å²) in [4.78, 5) is 2.67. The summed E-state index contributed by atoms with van der Waals surface area (Å²) >= 11 is 1.93. The molecule has 0 atom stereocenters. The summed E-state index contributed by atoms with van der Waals surface area (Å²) in [5, 5.41) is 5.15.